The third-order valence-electron chi connectivity index (χ3n) is 4.27. The third kappa shape index (κ3) is 9.23. The summed E-state index contributed by atoms with van der Waals surface area (Å²) in [4.78, 5) is 0. The maximum absolute atomic E-state index is 3.60. The Morgan fingerprint density at radius 3 is 1.33 bits per heavy atom. The minimum absolute atomic E-state index is 1.21. The molecule has 0 aromatic rings. The minimum atomic E-state index is -1.74. The topological polar surface area (TPSA) is 0 Å². The molecular weight excluding hydrogens is 391 g/mol. The van der Waals surface area contributed by atoms with Crippen LogP contribution in [0.25, 0.3) is 0 Å². The molecule has 0 aliphatic rings. The molecule has 0 rings (SSSR count). The molecule has 0 aromatic carbocycles. The first kappa shape index (κ1) is 19.3. The Morgan fingerprint density at radius 2 is 1.00 bits per heavy atom. The van der Waals surface area contributed by atoms with Gasteiger partial charge in [-0.3, -0.25) is 0 Å². The van der Waals surface area contributed by atoms with Crippen LogP contribution in [-0.2, 0) is 0 Å². The van der Waals surface area contributed by atoms with Gasteiger partial charge in [-0.25, -0.2) is 0 Å². The van der Waals surface area contributed by atoms with Crippen molar-refractivity contribution in [1.82, 2.24) is 0 Å². The molecule has 18 heavy (non-hydrogen) atoms. The summed E-state index contributed by atoms with van der Waals surface area (Å²) in [5, 5.41) is 1.21. The first-order chi connectivity index (χ1) is 8.74. The number of alkyl halides is 1. The summed E-state index contributed by atoms with van der Waals surface area (Å²) in [6.07, 6.45) is 11.7. The average molecular weight is 426 g/mol. The van der Waals surface area contributed by atoms with E-state index in [0.717, 1.165) is 0 Å². The summed E-state index contributed by atoms with van der Waals surface area (Å²) in [5.41, 5.74) is 0. The predicted molar refractivity (Wildman–Crippen MR) is 92.7 cm³/mol. The van der Waals surface area contributed by atoms with Crippen LogP contribution >= 0.6 is 15.9 Å². The van der Waals surface area contributed by atoms with Gasteiger partial charge in [0.15, 0.2) is 0 Å². The van der Waals surface area contributed by atoms with Gasteiger partial charge in [0.25, 0.3) is 0 Å². The molecule has 0 saturated carbocycles. The fourth-order valence-corrected chi connectivity index (χ4v) is 20.0. The van der Waals surface area contributed by atoms with Gasteiger partial charge in [0, 0.05) is 0 Å². The molecule has 0 bridgehead atoms. The molecule has 0 aliphatic carbocycles. The Morgan fingerprint density at radius 1 is 0.611 bits per heavy atom. The van der Waals surface area contributed by atoms with Crippen LogP contribution in [0.1, 0.15) is 72.1 Å². The number of unbranched alkanes of at least 4 members (excludes halogenated alkanes) is 4. The Labute approximate surface area is 129 Å². The zero-order chi connectivity index (χ0) is 13.7. The molecular formula is C16H35BrSn. The van der Waals surface area contributed by atoms with Crippen LogP contribution in [-0.4, -0.2) is 23.7 Å². The summed E-state index contributed by atoms with van der Waals surface area (Å²) < 4.78 is 6.74. The van der Waals surface area contributed by atoms with E-state index in [2.05, 4.69) is 36.7 Å². The van der Waals surface area contributed by atoms with Crippen LogP contribution in [0.15, 0.2) is 0 Å². The van der Waals surface area contributed by atoms with Gasteiger partial charge >= 0.3 is 130 Å². The second kappa shape index (κ2) is 13.3. The zero-order valence-corrected chi connectivity index (χ0v) is 17.5. The van der Waals surface area contributed by atoms with Crippen LogP contribution in [0.3, 0.4) is 0 Å². The normalized spacial score (nSPS) is 12.0. The molecule has 0 fully saturated rings. The summed E-state index contributed by atoms with van der Waals surface area (Å²) in [6.45, 7) is 7.11. The van der Waals surface area contributed by atoms with E-state index in [4.69, 9.17) is 0 Å². The Hall–Kier alpha value is 1.28. The quantitative estimate of drug-likeness (QED) is 0.169. The van der Waals surface area contributed by atoms with Gasteiger partial charge in [0.1, 0.15) is 0 Å². The van der Waals surface area contributed by atoms with Gasteiger partial charge in [-0.15, -0.1) is 0 Å². The van der Waals surface area contributed by atoms with E-state index in [1.54, 1.807) is 17.7 Å². The number of hydrogen-bond donors (Lipinski definition) is 0. The monoisotopic (exact) mass is 426 g/mol. The van der Waals surface area contributed by atoms with Gasteiger partial charge in [0.2, 0.25) is 0 Å². The fraction of sp³-hybridized carbons (Fsp3) is 1.00. The number of halogens is 1. The fourth-order valence-electron chi connectivity index (χ4n) is 3.00. The van der Waals surface area contributed by atoms with Crippen molar-refractivity contribution in [2.75, 3.05) is 5.33 Å². The molecule has 0 amide bonds. The van der Waals surface area contributed by atoms with Crippen molar-refractivity contribution in [2.24, 2.45) is 0 Å². The van der Waals surface area contributed by atoms with E-state index in [9.17, 15) is 0 Å². The summed E-state index contributed by atoms with van der Waals surface area (Å²) in [5.74, 6) is 0. The molecule has 0 nitrogen and oxygen atoms in total. The predicted octanol–water partition coefficient (Wildman–Crippen LogP) is 7.01. The SMILES string of the molecule is CCC[CH2][Sn]([CH2]CCC)([CH2]CCC)[CH2]CCCBr. The molecule has 0 N–H and O–H groups in total. The zero-order valence-electron chi connectivity index (χ0n) is 13.1. The van der Waals surface area contributed by atoms with E-state index in [0.29, 0.717) is 0 Å². The molecule has 0 aromatic heterocycles. The van der Waals surface area contributed by atoms with Crippen molar-refractivity contribution in [3.8, 4) is 0 Å². The van der Waals surface area contributed by atoms with Crippen LogP contribution in [0.5, 0.6) is 0 Å². The van der Waals surface area contributed by atoms with E-state index in [-0.39, 0.29) is 0 Å². The van der Waals surface area contributed by atoms with Crippen molar-refractivity contribution in [3.05, 3.63) is 0 Å². The van der Waals surface area contributed by atoms with E-state index in [1.807, 2.05) is 0 Å². The second-order valence-electron chi connectivity index (χ2n) is 5.96. The van der Waals surface area contributed by atoms with E-state index < -0.39 is 18.4 Å². The van der Waals surface area contributed by atoms with E-state index in [1.165, 1.54) is 56.7 Å². The molecule has 2 heteroatoms. The van der Waals surface area contributed by atoms with Crippen LogP contribution in [0.4, 0.5) is 0 Å². The molecule has 0 radical (unpaired) electrons. The summed E-state index contributed by atoms with van der Waals surface area (Å²) >= 11 is 1.86. The summed E-state index contributed by atoms with van der Waals surface area (Å²) in [7, 11) is 0. The van der Waals surface area contributed by atoms with Gasteiger partial charge in [-0.1, -0.05) is 0 Å². The Balaban J connectivity index is 4.41. The first-order valence-electron chi connectivity index (χ1n) is 8.30. The molecule has 0 saturated heterocycles. The second-order valence-corrected chi connectivity index (χ2v) is 21.0. The van der Waals surface area contributed by atoms with E-state index >= 15 is 0 Å². The Bertz CT molecular complexity index is 149. The molecule has 0 aliphatic heterocycles. The van der Waals surface area contributed by atoms with Crippen LogP contribution < -0.4 is 0 Å². The van der Waals surface area contributed by atoms with Crippen molar-refractivity contribution in [3.63, 3.8) is 0 Å². The standard InChI is InChI=1S/C4H8Br.3C4H9.Sn/c1-2-3-4-5;3*1-3-4-2;/h1-4H2;3*1,3-4H2,2H3;. The van der Waals surface area contributed by atoms with Gasteiger partial charge in [0.05, 0.1) is 0 Å². The molecule has 110 valence electrons. The number of rotatable bonds is 13. The van der Waals surface area contributed by atoms with Crippen molar-refractivity contribution in [1.29, 1.82) is 0 Å². The number of hydrogen-bond acceptors (Lipinski definition) is 0. The third-order valence-corrected chi connectivity index (χ3v) is 21.0. The van der Waals surface area contributed by atoms with Crippen molar-refractivity contribution < 1.29 is 0 Å². The first-order valence-corrected chi connectivity index (χ1v) is 17.5. The maximum atomic E-state index is 3.60. The van der Waals surface area contributed by atoms with Gasteiger partial charge in [-0.05, 0) is 0 Å². The van der Waals surface area contributed by atoms with Crippen molar-refractivity contribution in [2.45, 2.75) is 89.9 Å². The van der Waals surface area contributed by atoms with Gasteiger partial charge < -0.3 is 0 Å². The summed E-state index contributed by atoms with van der Waals surface area (Å²) in [6, 6.07) is 0. The molecule has 0 spiro atoms. The average Bonchev–Trinajstić information content (AvgIpc) is 2.40. The molecule has 0 unspecified atom stereocenters. The van der Waals surface area contributed by atoms with Crippen molar-refractivity contribution >= 4 is 34.3 Å². The molecule has 0 atom stereocenters. The van der Waals surface area contributed by atoms with Crippen LogP contribution in [0.2, 0.25) is 17.7 Å². The van der Waals surface area contributed by atoms with Gasteiger partial charge in [-0.2, -0.15) is 0 Å². The molecule has 0 heterocycles. The Kier molecular flexibility index (Phi) is 14.2. The van der Waals surface area contributed by atoms with Crippen LogP contribution in [0, 0.1) is 0 Å².